The number of aromatic amines is 1. The van der Waals surface area contributed by atoms with E-state index in [1.807, 2.05) is 6.92 Å². The first kappa shape index (κ1) is 56.7. The molecular formula is C47H69ClN12O9. The number of benzene rings is 1. The number of hydrogen-bond donors (Lipinski definition) is 12. The molecule has 378 valence electrons. The summed E-state index contributed by atoms with van der Waals surface area (Å²) in [5.41, 5.74) is 19.6. The third-order valence-electron chi connectivity index (χ3n) is 11.4. The molecule has 0 aliphatic carbocycles. The summed E-state index contributed by atoms with van der Waals surface area (Å²) in [6.07, 6.45) is 5.57. The molecule has 15 N–H and O–H groups in total. The predicted molar refractivity (Wildman–Crippen MR) is 261 cm³/mol. The maximum absolute atomic E-state index is 14.5. The Morgan fingerprint density at radius 1 is 0.797 bits per heavy atom. The summed E-state index contributed by atoms with van der Waals surface area (Å²) >= 11 is 6.53. The van der Waals surface area contributed by atoms with Gasteiger partial charge in [-0.25, -0.2) is 0 Å². The molecule has 1 aliphatic heterocycles. The van der Waals surface area contributed by atoms with Crippen LogP contribution in [0.25, 0.3) is 12.2 Å². The molecule has 2 aromatic rings. The molecule has 21 nitrogen and oxygen atoms in total. The second-order valence-corrected chi connectivity index (χ2v) is 17.2. The number of aromatic nitrogens is 1. The quantitative estimate of drug-likeness (QED) is 0.0913. The smallest absolute Gasteiger partial charge is 0.243 e. The second-order valence-electron chi connectivity index (χ2n) is 16.8. The topological polar surface area (TPSA) is 344 Å². The van der Waals surface area contributed by atoms with E-state index in [-0.39, 0.29) is 82.4 Å². The number of amides is 9. The summed E-state index contributed by atoms with van der Waals surface area (Å²) in [5, 5.41) is 21.6. The summed E-state index contributed by atoms with van der Waals surface area (Å²) < 4.78 is 0. The lowest BCUT2D eigenvalue weighted by Gasteiger charge is -2.28. The first-order chi connectivity index (χ1) is 33.0. The first-order valence-electron chi connectivity index (χ1n) is 23.2. The number of unbranched alkanes of at least 4 members (excludes halogenated alkanes) is 1. The molecule has 1 aliphatic rings. The highest BCUT2D eigenvalue weighted by molar-refractivity contribution is 6.31. The fraction of sp³-hybridized carbons (Fsp3) is 0.511. The van der Waals surface area contributed by atoms with Gasteiger partial charge in [0.05, 0.1) is 0 Å². The minimum Gasteiger partial charge on any atom is -0.368 e. The zero-order valence-corrected chi connectivity index (χ0v) is 40.1. The lowest BCUT2D eigenvalue weighted by atomic mass is 10.00. The minimum absolute atomic E-state index is 0.00878. The predicted octanol–water partition coefficient (Wildman–Crippen LogP) is -0.394. The average Bonchev–Trinajstić information content (AvgIpc) is 3.71. The molecule has 2 heterocycles. The second kappa shape index (κ2) is 29.3. The molecule has 1 fully saturated rings. The van der Waals surface area contributed by atoms with Crippen LogP contribution in [0, 0.1) is 0 Å². The van der Waals surface area contributed by atoms with Gasteiger partial charge in [0.2, 0.25) is 53.2 Å². The number of primary amides is 1. The van der Waals surface area contributed by atoms with Crippen LogP contribution in [0.3, 0.4) is 0 Å². The Kier molecular flexibility index (Phi) is 24.1. The maximum atomic E-state index is 14.5. The normalized spacial score (nSPS) is 22.0. The van der Waals surface area contributed by atoms with Crippen molar-refractivity contribution in [1.82, 2.24) is 47.5 Å². The summed E-state index contributed by atoms with van der Waals surface area (Å²) in [6.45, 7) is 10.9. The van der Waals surface area contributed by atoms with Crippen molar-refractivity contribution in [2.24, 2.45) is 17.2 Å². The van der Waals surface area contributed by atoms with Gasteiger partial charge in [0.1, 0.15) is 42.3 Å². The van der Waals surface area contributed by atoms with Gasteiger partial charge in [-0.3, -0.25) is 43.2 Å². The van der Waals surface area contributed by atoms with Gasteiger partial charge in [0.25, 0.3) is 0 Å². The van der Waals surface area contributed by atoms with Crippen LogP contribution in [-0.4, -0.2) is 120 Å². The molecule has 9 amide bonds. The zero-order chi connectivity index (χ0) is 51.0. The van der Waals surface area contributed by atoms with Crippen molar-refractivity contribution < 1.29 is 43.2 Å². The summed E-state index contributed by atoms with van der Waals surface area (Å²) in [6, 6.07) is -2.50. The van der Waals surface area contributed by atoms with E-state index >= 15 is 0 Å². The van der Waals surface area contributed by atoms with E-state index in [0.717, 1.165) is 0 Å². The summed E-state index contributed by atoms with van der Waals surface area (Å²) in [7, 11) is 0. The lowest BCUT2D eigenvalue weighted by molar-refractivity contribution is -0.136. The van der Waals surface area contributed by atoms with Crippen LogP contribution in [0.4, 0.5) is 0 Å². The van der Waals surface area contributed by atoms with E-state index in [4.69, 9.17) is 28.8 Å². The summed E-state index contributed by atoms with van der Waals surface area (Å²) in [5.74, 6) is -6.73. The van der Waals surface area contributed by atoms with Gasteiger partial charge >= 0.3 is 0 Å². The van der Waals surface area contributed by atoms with Crippen LogP contribution in [0.15, 0.2) is 43.6 Å². The van der Waals surface area contributed by atoms with Crippen molar-refractivity contribution in [3.63, 3.8) is 0 Å². The molecule has 1 aromatic carbocycles. The van der Waals surface area contributed by atoms with Crippen molar-refractivity contribution in [1.29, 1.82) is 0 Å². The lowest BCUT2D eigenvalue weighted by Crippen LogP contribution is -2.60. The van der Waals surface area contributed by atoms with Crippen molar-refractivity contribution in [2.75, 3.05) is 19.6 Å². The highest BCUT2D eigenvalue weighted by atomic mass is 35.5. The fourth-order valence-corrected chi connectivity index (χ4v) is 7.84. The fourth-order valence-electron chi connectivity index (χ4n) is 7.63. The van der Waals surface area contributed by atoms with E-state index < -0.39 is 95.5 Å². The number of H-pyrrole nitrogens is 1. The number of halogens is 1. The Labute approximate surface area is 407 Å². The maximum Gasteiger partial charge on any atom is 0.243 e. The first-order valence-corrected chi connectivity index (χ1v) is 23.6. The van der Waals surface area contributed by atoms with Crippen molar-refractivity contribution >= 4 is 76.9 Å². The molecule has 0 bridgehead atoms. The number of hydrogen-bond acceptors (Lipinski definition) is 11. The molecule has 0 radical (unpaired) electrons. The molecule has 3 rings (SSSR count). The van der Waals surface area contributed by atoms with Gasteiger partial charge in [-0.05, 0) is 81.3 Å². The third kappa shape index (κ3) is 18.4. The van der Waals surface area contributed by atoms with Gasteiger partial charge in [0, 0.05) is 55.2 Å². The number of nitrogens with two attached hydrogens (primary N) is 3. The SMILES string of the molecule is C=Cc1[nH]cc(C[C@@H]2NC(=O)[C@H](CCCC)NC(=O)[C@@H](Cc3ccccc3Cl)NC(=O)[C@H](CCN)NC(=O)[C@@H](NC(=O)[C@H](CCCN)NC(C)=O)CCC(=O)NCCC[C@@H](C(N)=O)NC2=O)c1C=C. The third-order valence-corrected chi connectivity index (χ3v) is 11.8. The number of carbonyl (C=O) groups excluding carboxylic acids is 9. The van der Waals surface area contributed by atoms with Gasteiger partial charge in [-0.15, -0.1) is 0 Å². The van der Waals surface area contributed by atoms with Crippen LogP contribution in [0.5, 0.6) is 0 Å². The van der Waals surface area contributed by atoms with E-state index in [2.05, 4.69) is 60.7 Å². The van der Waals surface area contributed by atoms with Crippen LogP contribution in [-0.2, 0) is 56.0 Å². The van der Waals surface area contributed by atoms with Gasteiger partial charge in [-0.1, -0.05) is 68.8 Å². The minimum atomic E-state index is -1.42. The van der Waals surface area contributed by atoms with Crippen LogP contribution < -0.4 is 59.7 Å². The van der Waals surface area contributed by atoms with Crippen molar-refractivity contribution in [3.8, 4) is 0 Å². The zero-order valence-electron chi connectivity index (χ0n) is 39.4. The van der Waals surface area contributed by atoms with E-state index in [1.54, 1.807) is 42.6 Å². The molecule has 0 spiro atoms. The van der Waals surface area contributed by atoms with Crippen LogP contribution >= 0.6 is 11.6 Å². The van der Waals surface area contributed by atoms with Crippen LogP contribution in [0.1, 0.15) is 100 Å². The Morgan fingerprint density at radius 3 is 2.00 bits per heavy atom. The van der Waals surface area contributed by atoms with Crippen molar-refractivity contribution in [3.05, 3.63) is 71.0 Å². The van der Waals surface area contributed by atoms with Crippen LogP contribution in [0.2, 0.25) is 5.02 Å². The number of rotatable bonds is 18. The Bertz CT molecular complexity index is 2150. The Balaban J connectivity index is 2.13. The highest BCUT2D eigenvalue weighted by Crippen LogP contribution is 2.20. The van der Waals surface area contributed by atoms with E-state index in [0.29, 0.717) is 41.6 Å². The van der Waals surface area contributed by atoms with E-state index in [9.17, 15) is 43.2 Å². The Hall–Kier alpha value is -6.58. The molecular weight excluding hydrogens is 912 g/mol. The van der Waals surface area contributed by atoms with Crippen molar-refractivity contribution in [2.45, 2.75) is 133 Å². The Morgan fingerprint density at radius 2 is 1.41 bits per heavy atom. The number of nitrogens with one attached hydrogen (secondary N) is 9. The van der Waals surface area contributed by atoms with E-state index in [1.165, 1.54) is 6.92 Å². The standard InChI is InChI=1S/C47H69ClN12O9/c1-5-8-15-35-43(65)60-39(25-29-26-53-32(7-3)30(29)6-2)46(68)55-33(41(51)63)17-12-23-52-40(62)19-18-36(57-42(64)34(16-11-21-49)54-27(4)61)44(66)58-37(20-22-50)45(67)59-38(47(69)56-35)24-28-13-9-10-14-31(28)48/h6-7,9-10,13-14,26,33-39,53H,2-3,5,8,11-12,15-25,49-50H2,1,4H3,(H2,51,63)(H,52,62)(H,54,61)(H,55,68)(H,56,69)(H,57,64)(H,58,66)(H,59,67)(H,60,65)/t33-,34-,35-,36-,37-,38+,39-/m0/s1. The molecule has 1 saturated heterocycles. The molecule has 69 heavy (non-hydrogen) atoms. The van der Waals surface area contributed by atoms with Gasteiger partial charge in [0.15, 0.2) is 0 Å². The summed E-state index contributed by atoms with van der Waals surface area (Å²) in [4.78, 5) is 126. The largest absolute Gasteiger partial charge is 0.368 e. The molecule has 1 aromatic heterocycles. The molecule has 7 atom stereocenters. The van der Waals surface area contributed by atoms with Gasteiger partial charge in [-0.2, -0.15) is 0 Å². The molecule has 0 unspecified atom stereocenters. The van der Waals surface area contributed by atoms with Gasteiger partial charge < -0.3 is 64.7 Å². The molecule has 0 saturated carbocycles. The monoisotopic (exact) mass is 980 g/mol. The average molecular weight is 982 g/mol. The molecule has 22 heteroatoms. The number of carbonyl (C=O) groups is 9. The highest BCUT2D eigenvalue weighted by Gasteiger charge is 2.35.